The van der Waals surface area contributed by atoms with Crippen molar-refractivity contribution in [3.8, 4) is 10.6 Å². The van der Waals surface area contributed by atoms with E-state index in [1.54, 1.807) is 17.4 Å². The third-order valence-electron chi connectivity index (χ3n) is 2.30. The Morgan fingerprint density at radius 2 is 2.25 bits per heavy atom. The summed E-state index contributed by atoms with van der Waals surface area (Å²) in [5, 5.41) is 3.97. The van der Waals surface area contributed by atoms with Crippen molar-refractivity contribution in [3.63, 3.8) is 0 Å². The molecule has 1 aromatic heterocycles. The molecule has 0 spiro atoms. The van der Waals surface area contributed by atoms with E-state index in [4.69, 9.17) is 0 Å². The van der Waals surface area contributed by atoms with Crippen molar-refractivity contribution in [3.05, 3.63) is 40.7 Å². The lowest BCUT2D eigenvalue weighted by Crippen LogP contribution is -2.04. The second-order valence-electron chi connectivity index (χ2n) is 3.57. The van der Waals surface area contributed by atoms with Gasteiger partial charge in [-0.25, -0.2) is 9.37 Å². The Hall–Kier alpha value is -1.26. The van der Waals surface area contributed by atoms with Crippen LogP contribution in [0, 0.1) is 12.7 Å². The van der Waals surface area contributed by atoms with Gasteiger partial charge in [-0.2, -0.15) is 0 Å². The van der Waals surface area contributed by atoms with Crippen LogP contribution in [0.5, 0.6) is 0 Å². The van der Waals surface area contributed by atoms with Crippen LogP contribution in [-0.4, -0.2) is 12.0 Å². The Kier molecular flexibility index (Phi) is 3.31. The molecule has 0 amide bonds. The van der Waals surface area contributed by atoms with Crippen LogP contribution in [0.25, 0.3) is 10.6 Å². The molecule has 84 valence electrons. The Morgan fingerprint density at radius 1 is 1.44 bits per heavy atom. The average Bonchev–Trinajstić information content (AvgIpc) is 2.61. The highest BCUT2D eigenvalue weighted by molar-refractivity contribution is 7.15. The zero-order chi connectivity index (χ0) is 11.5. The van der Waals surface area contributed by atoms with Crippen molar-refractivity contribution in [2.75, 3.05) is 7.05 Å². The zero-order valence-electron chi connectivity index (χ0n) is 9.25. The van der Waals surface area contributed by atoms with Crippen molar-refractivity contribution < 1.29 is 4.39 Å². The molecule has 0 unspecified atom stereocenters. The van der Waals surface area contributed by atoms with Gasteiger partial charge in [-0.15, -0.1) is 11.3 Å². The summed E-state index contributed by atoms with van der Waals surface area (Å²) in [6.07, 6.45) is 0. The van der Waals surface area contributed by atoms with Gasteiger partial charge in [0.25, 0.3) is 0 Å². The molecule has 2 nitrogen and oxygen atoms in total. The molecule has 0 saturated heterocycles. The van der Waals surface area contributed by atoms with Gasteiger partial charge in [-0.3, -0.25) is 0 Å². The smallest absolute Gasteiger partial charge is 0.124 e. The maximum absolute atomic E-state index is 13.1. The molecule has 0 bridgehead atoms. The van der Waals surface area contributed by atoms with Gasteiger partial charge >= 0.3 is 0 Å². The summed E-state index contributed by atoms with van der Waals surface area (Å²) < 4.78 is 13.1. The molecule has 0 aliphatic heterocycles. The fourth-order valence-corrected chi connectivity index (χ4v) is 2.57. The minimum atomic E-state index is -0.222. The molecule has 0 aliphatic carbocycles. The van der Waals surface area contributed by atoms with Gasteiger partial charge in [0.05, 0.1) is 5.69 Å². The predicted octanol–water partition coefficient (Wildman–Crippen LogP) is 2.98. The largest absolute Gasteiger partial charge is 0.315 e. The van der Waals surface area contributed by atoms with Crippen molar-refractivity contribution in [2.45, 2.75) is 13.5 Å². The van der Waals surface area contributed by atoms with Crippen LogP contribution in [0.2, 0.25) is 0 Å². The number of aromatic nitrogens is 1. The Bertz CT molecular complexity index is 494. The molecule has 1 aromatic carbocycles. The summed E-state index contributed by atoms with van der Waals surface area (Å²) in [5.74, 6) is -0.222. The number of rotatable bonds is 3. The second-order valence-corrected chi connectivity index (χ2v) is 4.65. The lowest BCUT2D eigenvalue weighted by Gasteiger charge is -1.95. The van der Waals surface area contributed by atoms with E-state index in [1.165, 1.54) is 17.0 Å². The molecule has 4 heteroatoms. The number of aryl methyl sites for hydroxylation is 1. The van der Waals surface area contributed by atoms with Crippen molar-refractivity contribution in [1.29, 1.82) is 0 Å². The molecule has 2 rings (SSSR count). The number of halogens is 1. The highest BCUT2D eigenvalue weighted by atomic mass is 32.1. The molecular weight excluding hydrogens is 223 g/mol. The van der Waals surface area contributed by atoms with Crippen LogP contribution in [0.15, 0.2) is 24.3 Å². The van der Waals surface area contributed by atoms with Gasteiger partial charge < -0.3 is 5.32 Å². The molecular formula is C12H13FN2S. The van der Waals surface area contributed by atoms with E-state index in [-0.39, 0.29) is 5.82 Å². The molecule has 2 aromatic rings. The number of hydrogen-bond acceptors (Lipinski definition) is 3. The quantitative estimate of drug-likeness (QED) is 0.886. The van der Waals surface area contributed by atoms with Crippen LogP contribution >= 0.6 is 11.3 Å². The van der Waals surface area contributed by atoms with Crippen molar-refractivity contribution >= 4 is 11.3 Å². The SMILES string of the molecule is CNCc1sc(-c2cccc(F)c2)nc1C. The molecule has 0 saturated carbocycles. The molecule has 16 heavy (non-hydrogen) atoms. The minimum Gasteiger partial charge on any atom is -0.315 e. The molecule has 0 atom stereocenters. The van der Waals surface area contributed by atoms with Crippen LogP contribution in [0.4, 0.5) is 4.39 Å². The molecule has 1 N–H and O–H groups in total. The number of hydrogen-bond donors (Lipinski definition) is 1. The van der Waals surface area contributed by atoms with Crippen LogP contribution < -0.4 is 5.32 Å². The maximum atomic E-state index is 13.1. The summed E-state index contributed by atoms with van der Waals surface area (Å²) in [4.78, 5) is 5.65. The van der Waals surface area contributed by atoms with E-state index in [1.807, 2.05) is 20.0 Å². The summed E-state index contributed by atoms with van der Waals surface area (Å²) in [7, 11) is 1.90. The number of nitrogens with zero attached hydrogens (tertiary/aromatic N) is 1. The first kappa shape index (κ1) is 11.2. The fraction of sp³-hybridized carbons (Fsp3) is 0.250. The Balaban J connectivity index is 2.37. The predicted molar refractivity (Wildman–Crippen MR) is 65.0 cm³/mol. The second kappa shape index (κ2) is 4.72. The third kappa shape index (κ3) is 2.28. The highest BCUT2D eigenvalue weighted by Crippen LogP contribution is 2.28. The molecule has 0 aliphatic rings. The maximum Gasteiger partial charge on any atom is 0.124 e. The zero-order valence-corrected chi connectivity index (χ0v) is 10.1. The van der Waals surface area contributed by atoms with E-state index in [0.29, 0.717) is 0 Å². The molecule has 0 radical (unpaired) electrons. The van der Waals surface area contributed by atoms with Gasteiger partial charge in [-0.05, 0) is 26.1 Å². The molecule has 1 heterocycles. The van der Waals surface area contributed by atoms with E-state index in [9.17, 15) is 4.39 Å². The van der Waals surface area contributed by atoms with Gasteiger partial charge in [0.2, 0.25) is 0 Å². The van der Waals surface area contributed by atoms with Crippen LogP contribution in [0.1, 0.15) is 10.6 Å². The van der Waals surface area contributed by atoms with Crippen molar-refractivity contribution in [2.24, 2.45) is 0 Å². The van der Waals surface area contributed by atoms with Crippen LogP contribution in [0.3, 0.4) is 0 Å². The van der Waals surface area contributed by atoms with Crippen LogP contribution in [-0.2, 0) is 6.54 Å². The first-order valence-corrected chi connectivity index (χ1v) is 5.89. The fourth-order valence-electron chi connectivity index (χ4n) is 1.50. The molecule has 0 fully saturated rings. The van der Waals surface area contributed by atoms with Gasteiger partial charge in [0.1, 0.15) is 10.8 Å². The Labute approximate surface area is 98.2 Å². The van der Waals surface area contributed by atoms with Gasteiger partial charge in [0, 0.05) is 17.0 Å². The minimum absolute atomic E-state index is 0.222. The summed E-state index contributed by atoms with van der Waals surface area (Å²) >= 11 is 1.61. The van der Waals surface area contributed by atoms with Crippen molar-refractivity contribution in [1.82, 2.24) is 10.3 Å². The van der Waals surface area contributed by atoms with Gasteiger partial charge in [0.15, 0.2) is 0 Å². The number of thiazole rings is 1. The lowest BCUT2D eigenvalue weighted by atomic mass is 10.2. The van der Waals surface area contributed by atoms with E-state index in [0.717, 1.165) is 22.8 Å². The number of nitrogens with one attached hydrogen (secondary N) is 1. The average molecular weight is 236 g/mol. The Morgan fingerprint density at radius 3 is 2.94 bits per heavy atom. The lowest BCUT2D eigenvalue weighted by molar-refractivity contribution is 0.628. The van der Waals surface area contributed by atoms with E-state index >= 15 is 0 Å². The highest BCUT2D eigenvalue weighted by Gasteiger charge is 2.08. The monoisotopic (exact) mass is 236 g/mol. The normalized spacial score (nSPS) is 10.7. The standard InChI is InChI=1S/C12H13FN2S/c1-8-11(7-14-2)16-12(15-8)9-4-3-5-10(13)6-9/h3-6,14H,7H2,1-2H3. The summed E-state index contributed by atoms with van der Waals surface area (Å²) in [6.45, 7) is 2.78. The summed E-state index contributed by atoms with van der Waals surface area (Å²) in [6, 6.07) is 6.55. The van der Waals surface area contributed by atoms with E-state index in [2.05, 4.69) is 10.3 Å². The van der Waals surface area contributed by atoms with Gasteiger partial charge in [-0.1, -0.05) is 12.1 Å². The first-order chi connectivity index (χ1) is 7.70. The number of benzene rings is 1. The third-order valence-corrected chi connectivity index (χ3v) is 3.51. The summed E-state index contributed by atoms with van der Waals surface area (Å²) in [5.41, 5.74) is 1.86. The first-order valence-electron chi connectivity index (χ1n) is 5.07. The van der Waals surface area contributed by atoms with E-state index < -0.39 is 0 Å². The topological polar surface area (TPSA) is 24.9 Å².